The van der Waals surface area contributed by atoms with Crippen LogP contribution >= 0.6 is 0 Å². The van der Waals surface area contributed by atoms with Crippen LogP contribution in [0.1, 0.15) is 35.7 Å². The average Bonchev–Trinajstić information content (AvgIpc) is 2.47. The molecule has 3 rings (SSSR count). The molecule has 0 aromatic heterocycles. The highest BCUT2D eigenvalue weighted by Crippen LogP contribution is 2.43. The van der Waals surface area contributed by atoms with E-state index in [1.807, 2.05) is 30.3 Å². The zero-order valence-electron chi connectivity index (χ0n) is 12.5. The van der Waals surface area contributed by atoms with E-state index < -0.39 is 17.4 Å². The van der Waals surface area contributed by atoms with Gasteiger partial charge < -0.3 is 10.0 Å². The van der Waals surface area contributed by atoms with Gasteiger partial charge >= 0.3 is 5.97 Å². The Hall–Kier alpha value is -2.62. The van der Waals surface area contributed by atoms with E-state index >= 15 is 0 Å². The maximum absolute atomic E-state index is 12.9. The fraction of sp³-hybridized carbons (Fsp3) is 0.222. The summed E-state index contributed by atoms with van der Waals surface area (Å²) >= 11 is 0. The fourth-order valence-corrected chi connectivity index (χ4v) is 3.30. The maximum Gasteiger partial charge on any atom is 0.313 e. The fourth-order valence-electron chi connectivity index (χ4n) is 3.30. The Labute approximate surface area is 129 Å². The molecule has 0 radical (unpaired) electrons. The molecule has 4 heteroatoms. The molecule has 0 spiro atoms. The molecule has 1 aliphatic heterocycles. The number of anilines is 1. The second-order valence-electron chi connectivity index (χ2n) is 5.99. The molecule has 0 aliphatic carbocycles. The van der Waals surface area contributed by atoms with E-state index in [1.54, 1.807) is 43.0 Å². The van der Waals surface area contributed by atoms with Gasteiger partial charge in [-0.1, -0.05) is 36.4 Å². The Morgan fingerprint density at radius 2 is 1.64 bits per heavy atom. The largest absolute Gasteiger partial charge is 0.481 e. The highest BCUT2D eigenvalue weighted by molar-refractivity contribution is 6.11. The number of hydrogen-bond donors (Lipinski definition) is 1. The van der Waals surface area contributed by atoms with Crippen LogP contribution in [0.4, 0.5) is 5.69 Å². The van der Waals surface area contributed by atoms with Crippen molar-refractivity contribution in [1.82, 2.24) is 0 Å². The predicted octanol–water partition coefficient (Wildman–Crippen LogP) is 3.29. The highest BCUT2D eigenvalue weighted by atomic mass is 16.4. The Bertz CT molecular complexity index is 737. The van der Waals surface area contributed by atoms with E-state index in [4.69, 9.17) is 0 Å². The van der Waals surface area contributed by atoms with Crippen LogP contribution in [0.15, 0.2) is 54.6 Å². The van der Waals surface area contributed by atoms with Crippen LogP contribution in [0, 0.1) is 0 Å². The lowest BCUT2D eigenvalue weighted by atomic mass is 9.74. The van der Waals surface area contributed by atoms with Crippen LogP contribution in [0.3, 0.4) is 0 Å². The first-order chi connectivity index (χ1) is 10.4. The third kappa shape index (κ3) is 1.99. The highest BCUT2D eigenvalue weighted by Gasteiger charge is 2.49. The molecule has 1 aliphatic rings. The van der Waals surface area contributed by atoms with Gasteiger partial charge in [0, 0.05) is 11.3 Å². The van der Waals surface area contributed by atoms with Crippen molar-refractivity contribution in [3.8, 4) is 0 Å². The van der Waals surface area contributed by atoms with Crippen molar-refractivity contribution in [1.29, 1.82) is 0 Å². The second-order valence-corrected chi connectivity index (χ2v) is 5.99. The van der Waals surface area contributed by atoms with Gasteiger partial charge in [-0.3, -0.25) is 9.59 Å². The molecule has 4 nitrogen and oxygen atoms in total. The summed E-state index contributed by atoms with van der Waals surface area (Å²) in [7, 11) is 0. The summed E-state index contributed by atoms with van der Waals surface area (Å²) in [6.07, 6.45) is 0. The number of carbonyl (C=O) groups is 2. The predicted molar refractivity (Wildman–Crippen MR) is 84.1 cm³/mol. The van der Waals surface area contributed by atoms with Crippen LogP contribution in [0.25, 0.3) is 0 Å². The monoisotopic (exact) mass is 295 g/mol. The molecule has 22 heavy (non-hydrogen) atoms. The van der Waals surface area contributed by atoms with Crippen LogP contribution in [-0.4, -0.2) is 22.5 Å². The van der Waals surface area contributed by atoms with Gasteiger partial charge in [0.2, 0.25) is 0 Å². The van der Waals surface area contributed by atoms with Gasteiger partial charge in [-0.15, -0.1) is 0 Å². The summed E-state index contributed by atoms with van der Waals surface area (Å²) in [5.41, 5.74) is 0.882. The number of rotatable bonds is 2. The number of nitrogens with zero attached hydrogens (tertiary/aromatic N) is 1. The summed E-state index contributed by atoms with van der Waals surface area (Å²) in [5.74, 6) is -1.86. The molecule has 0 bridgehead atoms. The third-order valence-electron chi connectivity index (χ3n) is 4.25. The van der Waals surface area contributed by atoms with Crippen LogP contribution in [0.2, 0.25) is 0 Å². The lowest BCUT2D eigenvalue weighted by molar-refractivity contribution is -0.140. The number of fused-ring (bicyclic) bond motifs is 1. The molecule has 0 saturated heterocycles. The zero-order valence-corrected chi connectivity index (χ0v) is 12.5. The summed E-state index contributed by atoms with van der Waals surface area (Å²) in [4.78, 5) is 26.4. The van der Waals surface area contributed by atoms with Gasteiger partial charge in [-0.25, -0.2) is 0 Å². The standard InChI is InChI=1S/C18H17NO3/c1-18(2)15(17(21)22)13-10-6-7-11-14(13)16(20)19(18)12-8-4-3-5-9-12/h3-11,15H,1-2H3,(H,21,22). The number of amides is 1. The van der Waals surface area contributed by atoms with Crippen LogP contribution in [-0.2, 0) is 4.79 Å². The topological polar surface area (TPSA) is 57.6 Å². The van der Waals surface area contributed by atoms with E-state index in [2.05, 4.69) is 0 Å². The quantitative estimate of drug-likeness (QED) is 0.925. The van der Waals surface area contributed by atoms with Gasteiger partial charge in [0.15, 0.2) is 0 Å². The summed E-state index contributed by atoms with van der Waals surface area (Å²) in [5, 5.41) is 9.73. The van der Waals surface area contributed by atoms with E-state index in [1.165, 1.54) is 0 Å². The molecule has 1 N–H and O–H groups in total. The first-order valence-corrected chi connectivity index (χ1v) is 7.16. The molecule has 1 heterocycles. The smallest absolute Gasteiger partial charge is 0.313 e. The minimum Gasteiger partial charge on any atom is -0.481 e. The molecule has 0 saturated carbocycles. The molecular weight excluding hydrogens is 278 g/mol. The molecule has 2 aromatic rings. The van der Waals surface area contributed by atoms with Crippen LogP contribution in [0.5, 0.6) is 0 Å². The normalized spacial score (nSPS) is 19.6. The van der Waals surface area contributed by atoms with Crippen molar-refractivity contribution in [3.63, 3.8) is 0 Å². The second kappa shape index (κ2) is 4.98. The Balaban J connectivity index is 2.25. The summed E-state index contributed by atoms with van der Waals surface area (Å²) < 4.78 is 0. The Kier molecular flexibility index (Phi) is 3.24. The minimum atomic E-state index is -0.925. The zero-order chi connectivity index (χ0) is 15.9. The van der Waals surface area contributed by atoms with Crippen molar-refractivity contribution in [2.75, 3.05) is 4.90 Å². The van der Waals surface area contributed by atoms with E-state index in [0.717, 1.165) is 0 Å². The minimum absolute atomic E-state index is 0.163. The number of hydrogen-bond acceptors (Lipinski definition) is 2. The van der Waals surface area contributed by atoms with Crippen LogP contribution < -0.4 is 4.90 Å². The number of para-hydroxylation sites is 1. The Morgan fingerprint density at radius 1 is 1.05 bits per heavy atom. The molecule has 112 valence electrons. The van der Waals surface area contributed by atoms with Crippen molar-refractivity contribution >= 4 is 17.6 Å². The molecule has 2 aromatic carbocycles. The molecule has 1 amide bonds. The average molecular weight is 295 g/mol. The van der Waals surface area contributed by atoms with Gasteiger partial charge in [0.25, 0.3) is 5.91 Å². The number of carboxylic acid groups (broad SMARTS) is 1. The Morgan fingerprint density at radius 3 is 2.27 bits per heavy atom. The number of carboxylic acids is 1. The first-order valence-electron chi connectivity index (χ1n) is 7.16. The summed E-state index contributed by atoms with van der Waals surface area (Å²) in [6.45, 7) is 3.60. The number of aliphatic carboxylic acids is 1. The number of carbonyl (C=O) groups excluding carboxylic acids is 1. The lowest BCUT2D eigenvalue weighted by Gasteiger charge is -2.46. The number of benzene rings is 2. The lowest BCUT2D eigenvalue weighted by Crippen LogP contribution is -2.57. The van der Waals surface area contributed by atoms with Gasteiger partial charge in [-0.05, 0) is 37.6 Å². The van der Waals surface area contributed by atoms with Crippen molar-refractivity contribution < 1.29 is 14.7 Å². The summed E-state index contributed by atoms with van der Waals surface area (Å²) in [6, 6.07) is 16.2. The SMILES string of the molecule is CC1(C)C(C(=O)O)c2ccccc2C(=O)N1c1ccccc1. The maximum atomic E-state index is 12.9. The van der Waals surface area contributed by atoms with E-state index in [9.17, 15) is 14.7 Å². The van der Waals surface area contributed by atoms with Crippen molar-refractivity contribution in [2.24, 2.45) is 0 Å². The van der Waals surface area contributed by atoms with Gasteiger partial charge in [0.1, 0.15) is 5.92 Å². The van der Waals surface area contributed by atoms with E-state index in [0.29, 0.717) is 16.8 Å². The molecular formula is C18H17NO3. The third-order valence-corrected chi connectivity index (χ3v) is 4.25. The molecule has 0 fully saturated rings. The first kappa shape index (κ1) is 14.3. The molecule has 1 unspecified atom stereocenters. The van der Waals surface area contributed by atoms with Gasteiger partial charge in [0.05, 0.1) is 5.54 Å². The van der Waals surface area contributed by atoms with Crippen molar-refractivity contribution in [2.45, 2.75) is 25.3 Å². The molecule has 1 atom stereocenters. The van der Waals surface area contributed by atoms with Crippen molar-refractivity contribution in [3.05, 3.63) is 65.7 Å². The van der Waals surface area contributed by atoms with E-state index in [-0.39, 0.29) is 5.91 Å². The van der Waals surface area contributed by atoms with Gasteiger partial charge in [-0.2, -0.15) is 0 Å².